The third-order valence-electron chi connectivity index (χ3n) is 3.77. The first-order valence-corrected chi connectivity index (χ1v) is 6.88. The molecule has 1 saturated heterocycles. The van der Waals surface area contributed by atoms with Crippen molar-refractivity contribution in [3.63, 3.8) is 0 Å². The van der Waals surface area contributed by atoms with Crippen LogP contribution in [-0.4, -0.2) is 30.6 Å². The zero-order chi connectivity index (χ0) is 11.9. The van der Waals surface area contributed by atoms with Gasteiger partial charge in [0, 0.05) is 12.6 Å². The number of hydrogen-bond donors (Lipinski definition) is 1. The number of piperidine rings is 1. The fraction of sp³-hybridized carbons (Fsp3) is 0.600. The minimum Gasteiger partial charge on any atom is -0.329 e. The molecule has 0 saturated carbocycles. The largest absolute Gasteiger partial charge is 0.329 e. The van der Waals surface area contributed by atoms with Crippen molar-refractivity contribution in [2.45, 2.75) is 38.1 Å². The minimum atomic E-state index is 0.638. The normalized spacial score (nSPS) is 21.6. The Morgan fingerprint density at radius 2 is 2.00 bits per heavy atom. The molecule has 1 unspecified atom stereocenters. The van der Waals surface area contributed by atoms with Crippen LogP contribution in [-0.2, 0) is 6.42 Å². The molecule has 0 radical (unpaired) electrons. The van der Waals surface area contributed by atoms with Gasteiger partial charge in [-0.3, -0.25) is 4.90 Å². The van der Waals surface area contributed by atoms with E-state index < -0.39 is 0 Å². The molecule has 2 rings (SSSR count). The Morgan fingerprint density at radius 3 is 2.76 bits per heavy atom. The fourth-order valence-electron chi connectivity index (χ4n) is 2.75. The lowest BCUT2D eigenvalue weighted by molar-refractivity contribution is 0.151. The van der Waals surface area contributed by atoms with Crippen LogP contribution in [0, 0.1) is 0 Å². The summed E-state index contributed by atoms with van der Waals surface area (Å²) < 4.78 is 0. The molecule has 2 N–H and O–H groups in total. The van der Waals surface area contributed by atoms with E-state index in [2.05, 4.69) is 35.2 Å². The maximum Gasteiger partial charge on any atom is 0.0218 e. The molecule has 0 amide bonds. The quantitative estimate of drug-likeness (QED) is 0.845. The first-order chi connectivity index (χ1) is 8.40. The molecule has 1 heterocycles. The highest BCUT2D eigenvalue weighted by atomic mass is 15.2. The average molecular weight is 232 g/mol. The number of aryl methyl sites for hydroxylation is 1. The van der Waals surface area contributed by atoms with Crippen molar-refractivity contribution in [1.29, 1.82) is 0 Å². The molecule has 0 spiro atoms. The van der Waals surface area contributed by atoms with Crippen molar-refractivity contribution in [3.05, 3.63) is 35.9 Å². The van der Waals surface area contributed by atoms with Gasteiger partial charge < -0.3 is 5.73 Å². The Balaban J connectivity index is 1.74. The molecule has 94 valence electrons. The van der Waals surface area contributed by atoms with Gasteiger partial charge >= 0.3 is 0 Å². The lowest BCUT2D eigenvalue weighted by Crippen LogP contribution is -2.44. The SMILES string of the molecule is NCC1CCCCN1CCCc1ccccc1. The summed E-state index contributed by atoms with van der Waals surface area (Å²) in [5, 5.41) is 0. The summed E-state index contributed by atoms with van der Waals surface area (Å²) in [6.07, 6.45) is 6.44. The molecular weight excluding hydrogens is 208 g/mol. The number of rotatable bonds is 5. The average Bonchev–Trinajstić information content (AvgIpc) is 2.40. The summed E-state index contributed by atoms with van der Waals surface area (Å²) in [5.41, 5.74) is 7.29. The molecule has 1 aliphatic rings. The van der Waals surface area contributed by atoms with Crippen molar-refractivity contribution in [2.24, 2.45) is 5.73 Å². The van der Waals surface area contributed by atoms with E-state index in [0.29, 0.717) is 6.04 Å². The summed E-state index contributed by atoms with van der Waals surface area (Å²) in [5.74, 6) is 0. The van der Waals surface area contributed by atoms with Crippen LogP contribution in [0.3, 0.4) is 0 Å². The van der Waals surface area contributed by atoms with Crippen LogP contribution in [0.25, 0.3) is 0 Å². The second-order valence-corrected chi connectivity index (χ2v) is 5.01. The highest BCUT2D eigenvalue weighted by molar-refractivity contribution is 5.14. The molecule has 2 nitrogen and oxygen atoms in total. The van der Waals surface area contributed by atoms with Gasteiger partial charge in [0.25, 0.3) is 0 Å². The van der Waals surface area contributed by atoms with Gasteiger partial charge in [-0.15, -0.1) is 0 Å². The highest BCUT2D eigenvalue weighted by Crippen LogP contribution is 2.16. The summed E-state index contributed by atoms with van der Waals surface area (Å²) in [6, 6.07) is 11.4. The maximum absolute atomic E-state index is 5.83. The Kier molecular flexibility index (Phi) is 5.02. The molecule has 1 aromatic carbocycles. The summed E-state index contributed by atoms with van der Waals surface area (Å²) in [6.45, 7) is 3.28. The van der Waals surface area contributed by atoms with Crippen molar-refractivity contribution in [2.75, 3.05) is 19.6 Å². The van der Waals surface area contributed by atoms with E-state index in [1.54, 1.807) is 0 Å². The summed E-state index contributed by atoms with van der Waals surface area (Å²) in [7, 11) is 0. The van der Waals surface area contributed by atoms with Crippen molar-refractivity contribution >= 4 is 0 Å². The Hall–Kier alpha value is -0.860. The number of benzene rings is 1. The first kappa shape index (κ1) is 12.6. The van der Waals surface area contributed by atoms with Crippen LogP contribution >= 0.6 is 0 Å². The van der Waals surface area contributed by atoms with E-state index in [4.69, 9.17) is 5.73 Å². The van der Waals surface area contributed by atoms with Crippen molar-refractivity contribution in [1.82, 2.24) is 4.90 Å². The lowest BCUT2D eigenvalue weighted by Gasteiger charge is -2.34. The third-order valence-corrected chi connectivity index (χ3v) is 3.77. The van der Waals surface area contributed by atoms with Crippen LogP contribution in [0.1, 0.15) is 31.2 Å². The molecule has 2 heteroatoms. The predicted octanol–water partition coefficient (Wildman–Crippen LogP) is 2.43. The number of likely N-dealkylation sites (tertiary alicyclic amines) is 1. The van der Waals surface area contributed by atoms with Crippen LogP contribution in [0.15, 0.2) is 30.3 Å². The Labute approximate surface area is 105 Å². The second kappa shape index (κ2) is 6.77. The van der Waals surface area contributed by atoms with Gasteiger partial charge in [-0.05, 0) is 44.3 Å². The molecule has 0 aliphatic carbocycles. The molecular formula is C15H24N2. The number of nitrogens with two attached hydrogens (primary N) is 1. The van der Waals surface area contributed by atoms with Gasteiger partial charge in [-0.2, -0.15) is 0 Å². The van der Waals surface area contributed by atoms with E-state index in [-0.39, 0.29) is 0 Å². The fourth-order valence-corrected chi connectivity index (χ4v) is 2.75. The van der Waals surface area contributed by atoms with Crippen LogP contribution in [0.5, 0.6) is 0 Å². The third kappa shape index (κ3) is 3.83. The van der Waals surface area contributed by atoms with E-state index in [0.717, 1.165) is 6.54 Å². The van der Waals surface area contributed by atoms with Gasteiger partial charge in [0.05, 0.1) is 0 Å². The highest BCUT2D eigenvalue weighted by Gasteiger charge is 2.19. The standard InChI is InChI=1S/C15H24N2/c16-13-15-10-4-5-11-17(15)12-6-9-14-7-2-1-3-8-14/h1-3,7-8,15H,4-6,9-13,16H2. The first-order valence-electron chi connectivity index (χ1n) is 6.88. The van der Waals surface area contributed by atoms with Crippen molar-refractivity contribution in [3.8, 4) is 0 Å². The molecule has 1 aliphatic heterocycles. The second-order valence-electron chi connectivity index (χ2n) is 5.01. The van der Waals surface area contributed by atoms with Crippen LogP contribution in [0.4, 0.5) is 0 Å². The van der Waals surface area contributed by atoms with Crippen LogP contribution < -0.4 is 5.73 Å². The number of hydrogen-bond acceptors (Lipinski definition) is 2. The monoisotopic (exact) mass is 232 g/mol. The number of nitrogens with zero attached hydrogens (tertiary/aromatic N) is 1. The topological polar surface area (TPSA) is 29.3 Å². The molecule has 0 aromatic heterocycles. The molecule has 1 fully saturated rings. The van der Waals surface area contributed by atoms with Gasteiger partial charge in [0.2, 0.25) is 0 Å². The van der Waals surface area contributed by atoms with Gasteiger partial charge in [0.1, 0.15) is 0 Å². The van der Waals surface area contributed by atoms with E-state index in [9.17, 15) is 0 Å². The predicted molar refractivity (Wildman–Crippen MR) is 73.0 cm³/mol. The summed E-state index contributed by atoms with van der Waals surface area (Å²) >= 11 is 0. The Morgan fingerprint density at radius 1 is 1.18 bits per heavy atom. The van der Waals surface area contributed by atoms with Crippen molar-refractivity contribution < 1.29 is 0 Å². The lowest BCUT2D eigenvalue weighted by atomic mass is 10.0. The van der Waals surface area contributed by atoms with Gasteiger partial charge in [-0.25, -0.2) is 0 Å². The zero-order valence-corrected chi connectivity index (χ0v) is 10.6. The van der Waals surface area contributed by atoms with E-state index in [1.165, 1.54) is 50.8 Å². The smallest absolute Gasteiger partial charge is 0.0218 e. The maximum atomic E-state index is 5.83. The van der Waals surface area contributed by atoms with Crippen LogP contribution in [0.2, 0.25) is 0 Å². The van der Waals surface area contributed by atoms with Gasteiger partial charge in [0.15, 0.2) is 0 Å². The Bertz CT molecular complexity index is 310. The zero-order valence-electron chi connectivity index (χ0n) is 10.6. The molecule has 0 bridgehead atoms. The molecule has 1 atom stereocenters. The summed E-state index contributed by atoms with van der Waals surface area (Å²) in [4.78, 5) is 2.59. The van der Waals surface area contributed by atoms with E-state index in [1.807, 2.05) is 0 Å². The minimum absolute atomic E-state index is 0.638. The molecule has 1 aromatic rings. The molecule has 17 heavy (non-hydrogen) atoms. The van der Waals surface area contributed by atoms with Gasteiger partial charge in [-0.1, -0.05) is 36.8 Å². The van der Waals surface area contributed by atoms with E-state index >= 15 is 0 Å².